The van der Waals surface area contributed by atoms with E-state index in [0.717, 1.165) is 11.3 Å². The van der Waals surface area contributed by atoms with Crippen molar-refractivity contribution in [2.75, 3.05) is 5.32 Å². The summed E-state index contributed by atoms with van der Waals surface area (Å²) in [5, 5.41) is 7.11. The molecule has 0 saturated heterocycles. The van der Waals surface area contributed by atoms with Gasteiger partial charge in [0.1, 0.15) is 0 Å². The highest BCUT2D eigenvalue weighted by molar-refractivity contribution is 5.91. The zero-order chi connectivity index (χ0) is 14.5. The van der Waals surface area contributed by atoms with Crippen molar-refractivity contribution in [2.24, 2.45) is 0 Å². The highest BCUT2D eigenvalue weighted by Crippen LogP contribution is 2.10. The number of aromatic nitrogens is 3. The lowest BCUT2D eigenvalue weighted by atomic mass is 10.2. The van der Waals surface area contributed by atoms with Gasteiger partial charge in [0.25, 0.3) is 0 Å². The van der Waals surface area contributed by atoms with Gasteiger partial charge in [0.15, 0.2) is 5.82 Å². The van der Waals surface area contributed by atoms with Crippen LogP contribution in [0.1, 0.15) is 5.56 Å². The van der Waals surface area contributed by atoms with Crippen LogP contribution in [0, 0.1) is 0 Å². The number of carbonyl (C=O) groups excluding carboxylic acids is 1. The highest BCUT2D eigenvalue weighted by Gasteiger charge is 2.07. The van der Waals surface area contributed by atoms with Gasteiger partial charge in [0.05, 0.1) is 12.1 Å². The first-order valence-corrected chi connectivity index (χ1v) is 6.61. The molecule has 0 aliphatic carbocycles. The fraction of sp³-hybridized carbons (Fsp3) is 0.0625. The van der Waals surface area contributed by atoms with Crippen molar-refractivity contribution >= 4 is 11.7 Å². The molecule has 0 atom stereocenters. The molecule has 2 heterocycles. The van der Waals surface area contributed by atoms with Gasteiger partial charge in [-0.1, -0.05) is 24.3 Å². The molecule has 2 aromatic heterocycles. The topological polar surface area (TPSA) is 59.8 Å². The molecule has 1 N–H and O–H groups in total. The Bertz CT molecular complexity index is 722. The first-order valence-electron chi connectivity index (χ1n) is 6.61. The molecule has 0 fully saturated rings. The van der Waals surface area contributed by atoms with Gasteiger partial charge >= 0.3 is 0 Å². The summed E-state index contributed by atoms with van der Waals surface area (Å²) in [4.78, 5) is 15.9. The molecule has 5 nitrogen and oxygen atoms in total. The Hall–Kier alpha value is -2.95. The largest absolute Gasteiger partial charge is 0.309 e. The molecular formula is C16H14N4O. The van der Waals surface area contributed by atoms with E-state index in [4.69, 9.17) is 0 Å². The van der Waals surface area contributed by atoms with Gasteiger partial charge in [-0.15, -0.1) is 0 Å². The predicted molar refractivity (Wildman–Crippen MR) is 80.1 cm³/mol. The summed E-state index contributed by atoms with van der Waals surface area (Å²) < 4.78 is 1.72. The normalized spacial score (nSPS) is 10.3. The van der Waals surface area contributed by atoms with E-state index in [1.54, 1.807) is 23.1 Å². The van der Waals surface area contributed by atoms with Gasteiger partial charge < -0.3 is 5.32 Å². The Morgan fingerprint density at radius 2 is 1.95 bits per heavy atom. The molecule has 0 radical (unpaired) electrons. The second-order valence-electron chi connectivity index (χ2n) is 4.57. The number of nitrogens with one attached hydrogen (secondary N) is 1. The number of rotatable bonds is 4. The smallest absolute Gasteiger partial charge is 0.230 e. The van der Waals surface area contributed by atoms with Crippen LogP contribution in [0.2, 0.25) is 0 Å². The fourth-order valence-corrected chi connectivity index (χ4v) is 1.99. The lowest BCUT2D eigenvalue weighted by Crippen LogP contribution is -2.15. The molecule has 0 saturated carbocycles. The third kappa shape index (κ3) is 3.33. The molecule has 1 aromatic carbocycles. The van der Waals surface area contributed by atoms with E-state index in [9.17, 15) is 4.79 Å². The second-order valence-corrected chi connectivity index (χ2v) is 4.57. The monoisotopic (exact) mass is 278 g/mol. The first kappa shape index (κ1) is 13.1. The Morgan fingerprint density at radius 1 is 1.10 bits per heavy atom. The van der Waals surface area contributed by atoms with Gasteiger partial charge in [-0.25, -0.2) is 4.68 Å². The third-order valence-corrected chi connectivity index (χ3v) is 2.96. The summed E-state index contributed by atoms with van der Waals surface area (Å²) >= 11 is 0. The molecule has 1 amide bonds. The number of hydrogen-bond acceptors (Lipinski definition) is 3. The van der Waals surface area contributed by atoms with E-state index < -0.39 is 0 Å². The van der Waals surface area contributed by atoms with E-state index in [0.29, 0.717) is 5.82 Å². The number of pyridine rings is 1. The summed E-state index contributed by atoms with van der Waals surface area (Å²) in [6, 6.07) is 15.2. The minimum absolute atomic E-state index is 0.110. The zero-order valence-electron chi connectivity index (χ0n) is 11.3. The number of carbonyl (C=O) groups is 1. The number of para-hydroxylation sites is 1. The lowest BCUT2D eigenvalue weighted by Gasteiger charge is -2.02. The van der Waals surface area contributed by atoms with Crippen LogP contribution in [0.25, 0.3) is 5.69 Å². The quantitative estimate of drug-likeness (QED) is 0.797. The summed E-state index contributed by atoms with van der Waals surface area (Å²) in [6.07, 6.45) is 5.46. The maximum atomic E-state index is 11.9. The van der Waals surface area contributed by atoms with Crippen LogP contribution in [0.4, 0.5) is 5.82 Å². The van der Waals surface area contributed by atoms with Crippen molar-refractivity contribution in [1.29, 1.82) is 0 Å². The fourth-order valence-electron chi connectivity index (χ4n) is 1.99. The Kier molecular flexibility index (Phi) is 3.73. The number of hydrogen-bond donors (Lipinski definition) is 1. The van der Waals surface area contributed by atoms with Crippen LogP contribution >= 0.6 is 0 Å². The molecule has 0 bridgehead atoms. The average Bonchev–Trinajstić information content (AvgIpc) is 2.97. The van der Waals surface area contributed by atoms with Crippen LogP contribution in [0.15, 0.2) is 67.1 Å². The van der Waals surface area contributed by atoms with Crippen molar-refractivity contribution in [3.63, 3.8) is 0 Å². The lowest BCUT2D eigenvalue weighted by molar-refractivity contribution is -0.115. The van der Waals surface area contributed by atoms with Crippen LogP contribution < -0.4 is 5.32 Å². The third-order valence-electron chi connectivity index (χ3n) is 2.96. The number of nitrogens with zero attached hydrogens (tertiary/aromatic N) is 3. The molecule has 0 aliphatic heterocycles. The maximum absolute atomic E-state index is 11.9. The minimum Gasteiger partial charge on any atom is -0.309 e. The number of amides is 1. The Morgan fingerprint density at radius 3 is 2.71 bits per heavy atom. The van der Waals surface area contributed by atoms with E-state index in [2.05, 4.69) is 15.4 Å². The SMILES string of the molecule is O=C(Cc1cccnc1)Nc1ccn(-c2ccccc2)n1. The predicted octanol–water partition coefficient (Wildman–Crippen LogP) is 2.45. The molecule has 0 unspecified atom stereocenters. The second kappa shape index (κ2) is 6.00. The first-order chi connectivity index (χ1) is 10.3. The molecule has 3 rings (SSSR count). The Labute approximate surface area is 122 Å². The summed E-state index contributed by atoms with van der Waals surface area (Å²) in [7, 11) is 0. The van der Waals surface area contributed by atoms with Crippen LogP contribution in [0.5, 0.6) is 0 Å². The van der Waals surface area contributed by atoms with Gasteiger partial charge in [0.2, 0.25) is 5.91 Å². The standard InChI is InChI=1S/C16H14N4O/c21-16(11-13-5-4-9-17-12-13)18-15-8-10-20(19-15)14-6-2-1-3-7-14/h1-10,12H,11H2,(H,18,19,21). The van der Waals surface area contributed by atoms with E-state index in [1.807, 2.05) is 48.7 Å². The van der Waals surface area contributed by atoms with Crippen molar-refractivity contribution < 1.29 is 4.79 Å². The van der Waals surface area contributed by atoms with Crippen molar-refractivity contribution in [2.45, 2.75) is 6.42 Å². The summed E-state index contributed by atoms with van der Waals surface area (Å²) in [6.45, 7) is 0. The molecule has 104 valence electrons. The molecule has 5 heteroatoms. The van der Waals surface area contributed by atoms with E-state index in [1.165, 1.54) is 0 Å². The molecular weight excluding hydrogens is 264 g/mol. The van der Waals surface area contributed by atoms with Crippen molar-refractivity contribution in [3.05, 3.63) is 72.7 Å². The minimum atomic E-state index is -0.110. The van der Waals surface area contributed by atoms with Gasteiger partial charge in [-0.3, -0.25) is 9.78 Å². The summed E-state index contributed by atoms with van der Waals surface area (Å²) in [5.41, 5.74) is 1.82. The summed E-state index contributed by atoms with van der Waals surface area (Å²) in [5.74, 6) is 0.425. The van der Waals surface area contributed by atoms with E-state index in [-0.39, 0.29) is 12.3 Å². The van der Waals surface area contributed by atoms with Crippen molar-refractivity contribution in [3.8, 4) is 5.69 Å². The van der Waals surface area contributed by atoms with Gasteiger partial charge in [0, 0.05) is 24.7 Å². The van der Waals surface area contributed by atoms with Crippen LogP contribution in [0.3, 0.4) is 0 Å². The van der Waals surface area contributed by atoms with Gasteiger partial charge in [-0.2, -0.15) is 5.10 Å². The highest BCUT2D eigenvalue weighted by atomic mass is 16.1. The number of benzene rings is 1. The molecule has 3 aromatic rings. The van der Waals surface area contributed by atoms with Crippen LogP contribution in [-0.2, 0) is 11.2 Å². The van der Waals surface area contributed by atoms with Crippen molar-refractivity contribution in [1.82, 2.24) is 14.8 Å². The average molecular weight is 278 g/mol. The molecule has 0 aliphatic rings. The maximum Gasteiger partial charge on any atom is 0.230 e. The molecule has 21 heavy (non-hydrogen) atoms. The van der Waals surface area contributed by atoms with E-state index >= 15 is 0 Å². The zero-order valence-corrected chi connectivity index (χ0v) is 11.3. The van der Waals surface area contributed by atoms with Gasteiger partial charge in [-0.05, 0) is 23.8 Å². The van der Waals surface area contributed by atoms with Crippen LogP contribution in [-0.4, -0.2) is 20.7 Å². The number of anilines is 1. The Balaban J connectivity index is 1.66. The molecule has 0 spiro atoms.